The van der Waals surface area contributed by atoms with Gasteiger partial charge >= 0.3 is 0 Å². The first-order valence-electron chi connectivity index (χ1n) is 10.3. The Morgan fingerprint density at radius 3 is 2.56 bits per heavy atom. The monoisotopic (exact) mass is 374 g/mol. The van der Waals surface area contributed by atoms with E-state index < -0.39 is 0 Å². The van der Waals surface area contributed by atoms with E-state index in [0.29, 0.717) is 6.54 Å². The van der Waals surface area contributed by atoms with E-state index in [4.69, 9.17) is 4.74 Å². The van der Waals surface area contributed by atoms with E-state index in [2.05, 4.69) is 44.0 Å². The number of fused-ring (bicyclic) bond motifs is 1. The van der Waals surface area contributed by atoms with Crippen molar-refractivity contribution in [3.05, 3.63) is 48.0 Å². The van der Waals surface area contributed by atoms with Gasteiger partial charge in [0.15, 0.2) is 0 Å². The second-order valence-corrected chi connectivity index (χ2v) is 7.27. The summed E-state index contributed by atoms with van der Waals surface area (Å²) < 4.78 is 7.22. The summed E-state index contributed by atoms with van der Waals surface area (Å²) in [6, 6.07) is 6.39. The first kappa shape index (κ1) is 23.2. The molecule has 0 fully saturated rings. The summed E-state index contributed by atoms with van der Waals surface area (Å²) in [5.41, 5.74) is 2.92. The zero-order valence-corrected chi connectivity index (χ0v) is 17.8. The van der Waals surface area contributed by atoms with E-state index in [1.54, 1.807) is 19.6 Å². The smallest absolute Gasteiger partial charge is 0.122 e. The Morgan fingerprint density at radius 1 is 1.26 bits per heavy atom. The van der Waals surface area contributed by atoms with Gasteiger partial charge in [0, 0.05) is 18.9 Å². The minimum atomic E-state index is -0.241. The fourth-order valence-electron chi connectivity index (χ4n) is 2.91. The van der Waals surface area contributed by atoms with Gasteiger partial charge in [-0.25, -0.2) is 4.98 Å². The number of unbranched alkanes of at least 4 members (excludes halogenated alkanes) is 1. The van der Waals surface area contributed by atoms with Gasteiger partial charge in [-0.2, -0.15) is 0 Å². The predicted molar refractivity (Wildman–Crippen MR) is 113 cm³/mol. The Bertz CT molecular complexity index is 609. The fourth-order valence-corrected chi connectivity index (χ4v) is 2.91. The van der Waals surface area contributed by atoms with Crippen molar-refractivity contribution in [2.45, 2.75) is 78.9 Å². The van der Waals surface area contributed by atoms with Gasteiger partial charge in [0.1, 0.15) is 5.75 Å². The Kier molecular flexibility index (Phi) is 11.5. The molecule has 1 aromatic heterocycles. The Balaban J connectivity index is 0.000000232. The number of nitrogens with zero attached hydrogens (tertiary/aromatic N) is 2. The maximum atomic E-state index is 9.18. The van der Waals surface area contributed by atoms with Gasteiger partial charge < -0.3 is 14.4 Å². The summed E-state index contributed by atoms with van der Waals surface area (Å²) in [5.74, 6) is 1.91. The molecule has 1 N–H and O–H groups in total. The summed E-state index contributed by atoms with van der Waals surface area (Å²) >= 11 is 0. The summed E-state index contributed by atoms with van der Waals surface area (Å²) in [5, 5.41) is 9.18. The number of ether oxygens (including phenoxy) is 1. The lowest BCUT2D eigenvalue weighted by atomic mass is 9.84. The second kappa shape index (κ2) is 13.4. The van der Waals surface area contributed by atoms with Gasteiger partial charge in [0.05, 0.1) is 19.5 Å². The number of aliphatic hydroxyl groups excluding tert-OH is 1. The Labute approximate surface area is 165 Å². The van der Waals surface area contributed by atoms with Crippen molar-refractivity contribution in [1.29, 1.82) is 0 Å². The summed E-state index contributed by atoms with van der Waals surface area (Å²) in [6.07, 6.45) is 12.1. The molecule has 0 amide bonds. The lowest BCUT2D eigenvalue weighted by molar-refractivity contribution is 0.150. The highest BCUT2D eigenvalue weighted by atomic mass is 16.5. The van der Waals surface area contributed by atoms with E-state index in [1.165, 1.54) is 43.2 Å². The first-order valence-corrected chi connectivity index (χ1v) is 10.3. The molecular formula is C23H38N2O2. The number of hydrogen-bond donors (Lipinski definition) is 1. The third kappa shape index (κ3) is 8.61. The van der Waals surface area contributed by atoms with E-state index in [1.807, 2.05) is 17.7 Å². The molecule has 152 valence electrons. The van der Waals surface area contributed by atoms with Gasteiger partial charge in [0.2, 0.25) is 0 Å². The predicted octanol–water partition coefficient (Wildman–Crippen LogP) is 5.28. The van der Waals surface area contributed by atoms with Crippen LogP contribution >= 0.6 is 0 Å². The Hall–Kier alpha value is -1.81. The number of benzene rings is 1. The summed E-state index contributed by atoms with van der Waals surface area (Å²) in [7, 11) is 1.76. The minimum absolute atomic E-state index is 0.241. The average Bonchev–Trinajstić information content (AvgIpc) is 3.20. The van der Waals surface area contributed by atoms with E-state index >= 15 is 0 Å². The number of methoxy groups -OCH3 is 1. The normalized spacial score (nSPS) is 16.1. The molecule has 0 unspecified atom stereocenters. The number of aliphatic hydroxyl groups is 1. The highest BCUT2D eigenvalue weighted by Crippen LogP contribution is 2.31. The maximum Gasteiger partial charge on any atom is 0.122 e. The van der Waals surface area contributed by atoms with Crippen molar-refractivity contribution < 1.29 is 9.84 Å². The van der Waals surface area contributed by atoms with Crippen molar-refractivity contribution >= 4 is 0 Å². The zero-order valence-electron chi connectivity index (χ0n) is 17.8. The zero-order chi connectivity index (χ0) is 20.1. The standard InChI is InChI=1S/C12H16O.C7H12N2O.C4H10/c1-9-6-7-11-10(8-9)4-3-5-12(11)13-2;1-2-7(10)5-9-4-3-8-6-9;1-3-4-2/h3-5,9H,6-8H2,1-2H3;3-4,6-7,10H,2,5H2,1H3;3-4H2,1-2H3/t9-;7-;/m01./s1. The van der Waals surface area contributed by atoms with Crippen LogP contribution in [-0.2, 0) is 19.4 Å². The van der Waals surface area contributed by atoms with Gasteiger partial charge in [-0.05, 0) is 48.8 Å². The second-order valence-electron chi connectivity index (χ2n) is 7.27. The molecule has 1 aliphatic rings. The molecule has 1 aliphatic carbocycles. The molecule has 0 radical (unpaired) electrons. The van der Waals surface area contributed by atoms with Crippen LogP contribution in [0.1, 0.15) is 64.5 Å². The lowest BCUT2D eigenvalue weighted by Crippen LogP contribution is -2.12. The third-order valence-corrected chi connectivity index (χ3v) is 4.86. The first-order chi connectivity index (χ1) is 13.0. The molecule has 2 atom stereocenters. The molecule has 2 aromatic rings. The van der Waals surface area contributed by atoms with Crippen molar-refractivity contribution in [1.82, 2.24) is 9.55 Å². The maximum absolute atomic E-state index is 9.18. The average molecular weight is 375 g/mol. The van der Waals surface area contributed by atoms with Crippen molar-refractivity contribution in [3.63, 3.8) is 0 Å². The quantitative estimate of drug-likeness (QED) is 0.774. The van der Waals surface area contributed by atoms with Crippen LogP contribution in [0.4, 0.5) is 0 Å². The van der Waals surface area contributed by atoms with Gasteiger partial charge in [-0.3, -0.25) is 0 Å². The number of hydrogen-bond acceptors (Lipinski definition) is 3. The van der Waals surface area contributed by atoms with Crippen LogP contribution in [0, 0.1) is 5.92 Å². The molecule has 0 spiro atoms. The molecule has 27 heavy (non-hydrogen) atoms. The van der Waals surface area contributed by atoms with Crippen LogP contribution in [0.2, 0.25) is 0 Å². The molecule has 4 nitrogen and oxygen atoms in total. The van der Waals surface area contributed by atoms with Gasteiger partial charge in [-0.1, -0.05) is 52.7 Å². The largest absolute Gasteiger partial charge is 0.496 e. The van der Waals surface area contributed by atoms with Crippen LogP contribution in [0.25, 0.3) is 0 Å². The molecule has 0 bridgehead atoms. The van der Waals surface area contributed by atoms with Crippen molar-refractivity contribution in [2.24, 2.45) is 5.92 Å². The minimum Gasteiger partial charge on any atom is -0.496 e. The SMILES string of the molecule is CCCC.CC[C@@H](O)Cn1ccnc1.COc1cccc2c1CC[C@H](C)C2. The molecule has 0 aliphatic heterocycles. The van der Waals surface area contributed by atoms with Crippen LogP contribution in [0.5, 0.6) is 5.75 Å². The summed E-state index contributed by atoms with van der Waals surface area (Å²) in [6.45, 7) is 9.29. The van der Waals surface area contributed by atoms with Crippen LogP contribution in [0.15, 0.2) is 36.9 Å². The molecule has 0 saturated carbocycles. The molecule has 1 heterocycles. The number of aromatic nitrogens is 2. The van der Waals surface area contributed by atoms with E-state index in [9.17, 15) is 5.11 Å². The fraction of sp³-hybridized carbons (Fsp3) is 0.609. The van der Waals surface area contributed by atoms with Crippen LogP contribution in [0.3, 0.4) is 0 Å². The van der Waals surface area contributed by atoms with Crippen LogP contribution in [-0.4, -0.2) is 27.9 Å². The van der Waals surface area contributed by atoms with E-state index in [0.717, 1.165) is 18.1 Å². The van der Waals surface area contributed by atoms with Gasteiger partial charge in [0.25, 0.3) is 0 Å². The molecule has 3 rings (SSSR count). The molecule has 0 saturated heterocycles. The number of imidazole rings is 1. The Morgan fingerprint density at radius 2 is 2.00 bits per heavy atom. The molecule has 1 aromatic carbocycles. The third-order valence-electron chi connectivity index (χ3n) is 4.86. The number of rotatable bonds is 5. The van der Waals surface area contributed by atoms with Gasteiger partial charge in [-0.15, -0.1) is 0 Å². The van der Waals surface area contributed by atoms with E-state index in [-0.39, 0.29) is 6.10 Å². The van der Waals surface area contributed by atoms with Crippen LogP contribution < -0.4 is 4.74 Å². The highest BCUT2D eigenvalue weighted by molar-refractivity contribution is 5.41. The molecule has 4 heteroatoms. The lowest BCUT2D eigenvalue weighted by Gasteiger charge is -2.22. The summed E-state index contributed by atoms with van der Waals surface area (Å²) in [4.78, 5) is 3.86. The highest BCUT2D eigenvalue weighted by Gasteiger charge is 2.17. The van der Waals surface area contributed by atoms with Crippen molar-refractivity contribution in [3.8, 4) is 5.75 Å². The van der Waals surface area contributed by atoms with Crippen molar-refractivity contribution in [2.75, 3.05) is 7.11 Å². The topological polar surface area (TPSA) is 47.3 Å². The molecular weight excluding hydrogens is 336 g/mol.